The van der Waals surface area contributed by atoms with Gasteiger partial charge in [0.2, 0.25) is 0 Å². The molecular weight excluding hydrogens is 199 g/mol. The molecule has 0 atom stereocenters. The van der Waals surface area contributed by atoms with E-state index in [0.717, 1.165) is 6.08 Å². The van der Waals surface area contributed by atoms with Crippen molar-refractivity contribution in [2.75, 3.05) is 0 Å². The van der Waals surface area contributed by atoms with Gasteiger partial charge in [0, 0.05) is 6.08 Å². The average Bonchev–Trinajstić information content (AvgIpc) is 2.01. The molecule has 0 radical (unpaired) electrons. The summed E-state index contributed by atoms with van der Waals surface area (Å²) >= 11 is 0. The fourth-order valence-electron chi connectivity index (χ4n) is 0.380. The Labute approximate surface area is 119 Å². The van der Waals surface area contributed by atoms with Gasteiger partial charge in [-0.1, -0.05) is 18.2 Å². The zero-order valence-electron chi connectivity index (χ0n) is 6.61. The van der Waals surface area contributed by atoms with Gasteiger partial charge in [0.25, 0.3) is 0 Å². The van der Waals surface area contributed by atoms with Gasteiger partial charge in [-0.25, -0.2) is 9.59 Å². The number of hydrogen-bond donors (Lipinski definition) is 2. The molecule has 2 amide bonds. The molecule has 0 aromatic carbocycles. The van der Waals surface area contributed by atoms with Crippen LogP contribution >= 0.6 is 0 Å². The molecule has 0 unspecified atom stereocenters. The van der Waals surface area contributed by atoms with Crippen molar-refractivity contribution in [3.8, 4) is 0 Å². The van der Waals surface area contributed by atoms with Crippen LogP contribution in [0, 0.1) is 0 Å². The Hall–Kier alpha value is -0.144. The Balaban J connectivity index is 0. The Bertz CT molecular complexity index is 226. The normalized spacial score (nSPS) is 9.62. The topological polar surface area (TPSA) is 81.4 Å². The van der Waals surface area contributed by atoms with Crippen molar-refractivity contribution >= 4 is 63.4 Å². The molecule has 0 aliphatic carbocycles. The molecule has 0 rings (SSSR count). The molecule has 0 bridgehead atoms. The number of rotatable bonds is 2. The van der Waals surface area contributed by atoms with Crippen molar-refractivity contribution in [1.29, 1.82) is 0 Å². The van der Waals surface area contributed by atoms with E-state index >= 15 is 0 Å². The van der Waals surface area contributed by atoms with Crippen LogP contribution in [0.25, 0.3) is 0 Å². The second-order valence-electron chi connectivity index (χ2n) is 1.77. The Morgan fingerprint density at radius 3 is 2.46 bits per heavy atom. The van der Waals surface area contributed by atoms with Crippen LogP contribution in [-0.4, -0.2) is 63.4 Å². The average molecular weight is 210 g/mol. The zero-order valence-corrected chi connectivity index (χ0v) is 6.61. The van der Waals surface area contributed by atoms with E-state index in [1.54, 1.807) is 24.6 Å². The number of nitrogens with two attached hydrogens (primary N) is 1. The number of nitrogens with one attached hydrogen (secondary N) is 1. The van der Waals surface area contributed by atoms with Crippen molar-refractivity contribution in [3.05, 3.63) is 24.3 Å². The third-order valence-electron chi connectivity index (χ3n) is 0.788. The summed E-state index contributed by atoms with van der Waals surface area (Å²) in [7, 11) is 0. The molecule has 6 heteroatoms. The molecule has 0 saturated carbocycles. The molecule has 5 nitrogen and oxygen atoms in total. The number of carbonyl (C=O) groups is 2. The van der Waals surface area contributed by atoms with E-state index in [-0.39, 0.29) is 51.4 Å². The van der Waals surface area contributed by atoms with Gasteiger partial charge in [-0.2, -0.15) is 5.48 Å². The Morgan fingerprint density at radius 2 is 2.00 bits per heavy atom. The minimum atomic E-state index is -0.914. The standard InChI is InChI=1S/C7H10N2O3.K.H/c1-2-3-4-5-6(10)12-9-7(8)11;;/h2-5H,1H3,(H3,8,9,11);;/b3-2+,5-4+;;. The summed E-state index contributed by atoms with van der Waals surface area (Å²) in [5.74, 6) is -0.688. The summed E-state index contributed by atoms with van der Waals surface area (Å²) in [6, 6.07) is -0.914. The van der Waals surface area contributed by atoms with Gasteiger partial charge in [0.1, 0.15) is 0 Å². The molecule has 0 saturated heterocycles. The number of amides is 2. The van der Waals surface area contributed by atoms with Crippen LogP contribution in [-0.2, 0) is 9.63 Å². The summed E-state index contributed by atoms with van der Waals surface area (Å²) in [4.78, 5) is 24.8. The molecule has 3 N–H and O–H groups in total. The van der Waals surface area contributed by atoms with E-state index < -0.39 is 12.0 Å². The first-order valence-electron chi connectivity index (χ1n) is 3.22. The third-order valence-corrected chi connectivity index (χ3v) is 0.788. The van der Waals surface area contributed by atoms with Crippen LogP contribution in [0.2, 0.25) is 0 Å². The Kier molecular flexibility index (Phi) is 11.7. The third kappa shape index (κ3) is 11.9. The molecule has 0 aliphatic rings. The SMILES string of the molecule is C/C=C/C=C/C(=O)ONC(N)=O.[KH]. The molecule has 68 valence electrons. The van der Waals surface area contributed by atoms with Gasteiger partial charge >= 0.3 is 63.4 Å². The second kappa shape index (κ2) is 9.94. The molecule has 0 spiro atoms. The second-order valence-corrected chi connectivity index (χ2v) is 1.77. The fraction of sp³-hybridized carbons (Fsp3) is 0.143. The number of urea groups is 1. The number of primary amides is 1. The van der Waals surface area contributed by atoms with Gasteiger partial charge in [-0.05, 0) is 6.92 Å². The van der Waals surface area contributed by atoms with Crippen LogP contribution < -0.4 is 11.2 Å². The van der Waals surface area contributed by atoms with Crippen molar-refractivity contribution in [2.24, 2.45) is 5.73 Å². The first kappa shape index (κ1) is 15.3. The van der Waals surface area contributed by atoms with E-state index in [1.807, 2.05) is 0 Å². The van der Waals surface area contributed by atoms with Gasteiger partial charge < -0.3 is 10.6 Å². The van der Waals surface area contributed by atoms with Crippen molar-refractivity contribution in [3.63, 3.8) is 0 Å². The first-order chi connectivity index (χ1) is 5.66. The van der Waals surface area contributed by atoms with Gasteiger partial charge in [-0.3, -0.25) is 0 Å². The van der Waals surface area contributed by atoms with E-state index in [1.165, 1.54) is 6.08 Å². The van der Waals surface area contributed by atoms with E-state index in [4.69, 9.17) is 0 Å². The quantitative estimate of drug-likeness (QED) is 0.281. The van der Waals surface area contributed by atoms with Crippen molar-refractivity contribution in [2.45, 2.75) is 6.92 Å². The van der Waals surface area contributed by atoms with Crippen LogP contribution in [0.4, 0.5) is 4.79 Å². The number of hydroxylamine groups is 1. The minimum absolute atomic E-state index is 0. The number of hydrogen-bond acceptors (Lipinski definition) is 3. The number of carbonyl (C=O) groups excluding carboxylic acids is 2. The summed E-state index contributed by atoms with van der Waals surface area (Å²) in [5.41, 5.74) is 6.32. The summed E-state index contributed by atoms with van der Waals surface area (Å²) in [5, 5.41) is 0. The maximum atomic E-state index is 10.6. The predicted octanol–water partition coefficient (Wildman–Crippen LogP) is -0.403. The van der Waals surface area contributed by atoms with Crippen LogP contribution in [0.15, 0.2) is 24.3 Å². The molecule has 0 fully saturated rings. The number of allylic oxidation sites excluding steroid dienone is 3. The molecule has 0 heterocycles. The Morgan fingerprint density at radius 1 is 1.38 bits per heavy atom. The van der Waals surface area contributed by atoms with Gasteiger partial charge in [-0.15, -0.1) is 0 Å². The fourth-order valence-corrected chi connectivity index (χ4v) is 0.380. The van der Waals surface area contributed by atoms with Gasteiger partial charge in [0.05, 0.1) is 0 Å². The van der Waals surface area contributed by atoms with Crippen LogP contribution in [0.5, 0.6) is 0 Å². The van der Waals surface area contributed by atoms with E-state index in [2.05, 4.69) is 10.6 Å². The molecule has 0 aromatic rings. The summed E-state index contributed by atoms with van der Waals surface area (Å²) < 4.78 is 0. The van der Waals surface area contributed by atoms with E-state index in [0.29, 0.717) is 0 Å². The first-order valence-corrected chi connectivity index (χ1v) is 3.22. The monoisotopic (exact) mass is 210 g/mol. The van der Waals surface area contributed by atoms with E-state index in [9.17, 15) is 9.59 Å². The molecule has 0 aromatic heterocycles. The summed E-state index contributed by atoms with van der Waals surface area (Å²) in [6.07, 6.45) is 6.01. The maximum absolute atomic E-state index is 10.6. The molecular formula is C7H11KN2O3. The molecule has 13 heavy (non-hydrogen) atoms. The summed E-state index contributed by atoms with van der Waals surface area (Å²) in [6.45, 7) is 1.80. The van der Waals surface area contributed by atoms with Crippen LogP contribution in [0.3, 0.4) is 0 Å². The van der Waals surface area contributed by atoms with Crippen molar-refractivity contribution in [1.82, 2.24) is 5.48 Å². The predicted molar refractivity (Wildman–Crippen MR) is 49.9 cm³/mol. The molecule has 0 aliphatic heterocycles. The van der Waals surface area contributed by atoms with Crippen molar-refractivity contribution < 1.29 is 14.4 Å². The van der Waals surface area contributed by atoms with Crippen LogP contribution in [0.1, 0.15) is 6.92 Å². The van der Waals surface area contributed by atoms with Gasteiger partial charge in [0.15, 0.2) is 0 Å². The zero-order chi connectivity index (χ0) is 9.40.